The summed E-state index contributed by atoms with van der Waals surface area (Å²) >= 11 is 5.98. The second kappa shape index (κ2) is 9.35. The Bertz CT molecular complexity index is 546. The Labute approximate surface area is 148 Å². The molecule has 1 heterocycles. The Morgan fingerprint density at radius 2 is 2.00 bits per heavy atom. The lowest BCUT2D eigenvalue weighted by molar-refractivity contribution is 0.00191. The number of carbonyl (C=O) groups excluding carboxylic acids is 1. The molecule has 0 bridgehead atoms. The predicted molar refractivity (Wildman–Crippen MR) is 94.0 cm³/mol. The van der Waals surface area contributed by atoms with Gasteiger partial charge in [0.1, 0.15) is 5.82 Å². The van der Waals surface area contributed by atoms with E-state index in [2.05, 4.69) is 24.1 Å². The van der Waals surface area contributed by atoms with E-state index in [0.717, 1.165) is 45.2 Å². The number of nitrogens with zero attached hydrogens (tertiary/aromatic N) is 1. The third-order valence-electron chi connectivity index (χ3n) is 4.76. The van der Waals surface area contributed by atoms with E-state index in [4.69, 9.17) is 16.3 Å². The molecule has 1 aromatic rings. The second-order valence-corrected chi connectivity index (χ2v) is 6.53. The van der Waals surface area contributed by atoms with Crippen molar-refractivity contribution in [1.29, 1.82) is 0 Å². The first-order chi connectivity index (χ1) is 11.6. The van der Waals surface area contributed by atoms with Gasteiger partial charge in [-0.3, -0.25) is 9.69 Å². The minimum absolute atomic E-state index is 0.137. The van der Waals surface area contributed by atoms with Gasteiger partial charge < -0.3 is 10.1 Å². The van der Waals surface area contributed by atoms with Crippen molar-refractivity contribution in [2.24, 2.45) is 5.92 Å². The molecule has 2 rings (SSSR count). The van der Waals surface area contributed by atoms with Crippen LogP contribution in [0.4, 0.5) is 4.39 Å². The van der Waals surface area contributed by atoms with Gasteiger partial charge in [-0.2, -0.15) is 0 Å². The highest BCUT2D eigenvalue weighted by Crippen LogP contribution is 2.21. The lowest BCUT2D eigenvalue weighted by Crippen LogP contribution is -2.52. The van der Waals surface area contributed by atoms with Crippen molar-refractivity contribution in [3.63, 3.8) is 0 Å². The second-order valence-electron chi connectivity index (χ2n) is 6.13. The summed E-state index contributed by atoms with van der Waals surface area (Å²) in [5.74, 6) is -0.198. The number of hydrogen-bond donors (Lipinski definition) is 1. The minimum atomic E-state index is -0.445. The van der Waals surface area contributed by atoms with Gasteiger partial charge in [0.2, 0.25) is 0 Å². The summed E-state index contributed by atoms with van der Waals surface area (Å²) in [6.45, 7) is 8.14. The Hall–Kier alpha value is -1.17. The van der Waals surface area contributed by atoms with Crippen molar-refractivity contribution in [2.75, 3.05) is 32.8 Å². The number of ether oxygens (including phenoxy) is 1. The van der Waals surface area contributed by atoms with E-state index in [-0.39, 0.29) is 17.0 Å². The van der Waals surface area contributed by atoms with Crippen molar-refractivity contribution in [1.82, 2.24) is 10.2 Å². The molecule has 1 fully saturated rings. The molecule has 24 heavy (non-hydrogen) atoms. The zero-order valence-electron chi connectivity index (χ0n) is 14.4. The van der Waals surface area contributed by atoms with E-state index in [9.17, 15) is 9.18 Å². The van der Waals surface area contributed by atoms with Gasteiger partial charge in [0.15, 0.2) is 0 Å². The van der Waals surface area contributed by atoms with Crippen LogP contribution in [0.1, 0.15) is 37.0 Å². The van der Waals surface area contributed by atoms with E-state index in [1.807, 2.05) is 0 Å². The maximum atomic E-state index is 13.1. The minimum Gasteiger partial charge on any atom is -0.379 e. The lowest BCUT2D eigenvalue weighted by atomic mass is 9.92. The molecule has 1 N–H and O–H groups in total. The number of benzene rings is 1. The largest absolute Gasteiger partial charge is 0.379 e. The third kappa shape index (κ3) is 4.91. The first-order valence-electron chi connectivity index (χ1n) is 8.61. The van der Waals surface area contributed by atoms with Crippen LogP contribution >= 0.6 is 11.6 Å². The first kappa shape index (κ1) is 19.2. The Kier molecular flexibility index (Phi) is 7.46. The van der Waals surface area contributed by atoms with Gasteiger partial charge in [0, 0.05) is 25.7 Å². The Balaban J connectivity index is 2.04. The molecule has 0 unspecified atom stereocenters. The Morgan fingerprint density at radius 1 is 1.33 bits per heavy atom. The molecule has 134 valence electrons. The number of hydrogen-bond acceptors (Lipinski definition) is 3. The molecule has 0 aliphatic carbocycles. The van der Waals surface area contributed by atoms with Gasteiger partial charge in [-0.1, -0.05) is 38.3 Å². The van der Waals surface area contributed by atoms with Crippen LogP contribution in [0.2, 0.25) is 5.02 Å². The van der Waals surface area contributed by atoms with Crippen LogP contribution in [0.5, 0.6) is 0 Å². The van der Waals surface area contributed by atoms with E-state index in [0.29, 0.717) is 18.0 Å². The molecule has 1 aliphatic heterocycles. The zero-order valence-corrected chi connectivity index (χ0v) is 15.1. The predicted octanol–water partition coefficient (Wildman–Crippen LogP) is 3.35. The van der Waals surface area contributed by atoms with Crippen LogP contribution in [0, 0.1) is 11.7 Å². The zero-order chi connectivity index (χ0) is 17.5. The SMILES string of the molecule is CCC(CC)[C@H](CNC(=O)c1ccc(F)cc1Cl)N1CCOCC1. The van der Waals surface area contributed by atoms with Gasteiger partial charge in [-0.25, -0.2) is 4.39 Å². The summed E-state index contributed by atoms with van der Waals surface area (Å²) in [6.07, 6.45) is 2.12. The monoisotopic (exact) mass is 356 g/mol. The Morgan fingerprint density at radius 3 is 2.58 bits per heavy atom. The van der Waals surface area contributed by atoms with E-state index < -0.39 is 5.82 Å². The quantitative estimate of drug-likeness (QED) is 0.814. The smallest absolute Gasteiger partial charge is 0.252 e. The van der Waals surface area contributed by atoms with Crippen molar-refractivity contribution < 1.29 is 13.9 Å². The molecule has 1 aromatic carbocycles. The number of halogens is 2. The first-order valence-corrected chi connectivity index (χ1v) is 8.99. The van der Waals surface area contributed by atoms with Crippen LogP contribution in [0.25, 0.3) is 0 Å². The average Bonchev–Trinajstić information content (AvgIpc) is 2.59. The molecule has 1 atom stereocenters. The maximum Gasteiger partial charge on any atom is 0.252 e. The molecule has 1 aliphatic rings. The fourth-order valence-electron chi connectivity index (χ4n) is 3.30. The van der Waals surface area contributed by atoms with Crippen LogP contribution in [-0.4, -0.2) is 49.7 Å². The molecule has 0 saturated carbocycles. The lowest BCUT2D eigenvalue weighted by Gasteiger charge is -2.38. The number of rotatable bonds is 7. The normalized spacial score (nSPS) is 17.0. The van der Waals surface area contributed by atoms with E-state index >= 15 is 0 Å². The van der Waals surface area contributed by atoms with E-state index in [1.54, 1.807) is 0 Å². The van der Waals surface area contributed by atoms with Crippen LogP contribution < -0.4 is 5.32 Å². The van der Waals surface area contributed by atoms with Crippen molar-refractivity contribution in [3.05, 3.63) is 34.6 Å². The van der Waals surface area contributed by atoms with Gasteiger partial charge in [-0.15, -0.1) is 0 Å². The molecule has 1 amide bonds. The van der Waals surface area contributed by atoms with Crippen LogP contribution in [0.3, 0.4) is 0 Å². The van der Waals surface area contributed by atoms with Crippen molar-refractivity contribution in [2.45, 2.75) is 32.7 Å². The molecular weight excluding hydrogens is 331 g/mol. The highest BCUT2D eigenvalue weighted by Gasteiger charge is 2.27. The van der Waals surface area contributed by atoms with Gasteiger partial charge in [0.25, 0.3) is 5.91 Å². The summed E-state index contributed by atoms with van der Waals surface area (Å²) in [5, 5.41) is 3.11. The van der Waals surface area contributed by atoms with Gasteiger partial charge >= 0.3 is 0 Å². The molecule has 4 nitrogen and oxygen atoms in total. The van der Waals surface area contributed by atoms with Gasteiger partial charge in [-0.05, 0) is 24.1 Å². The van der Waals surface area contributed by atoms with Crippen LogP contribution in [0.15, 0.2) is 18.2 Å². The van der Waals surface area contributed by atoms with Crippen molar-refractivity contribution >= 4 is 17.5 Å². The maximum absolute atomic E-state index is 13.1. The van der Waals surface area contributed by atoms with E-state index in [1.165, 1.54) is 12.1 Å². The number of carbonyl (C=O) groups is 1. The molecule has 1 saturated heterocycles. The summed E-state index contributed by atoms with van der Waals surface area (Å²) in [4.78, 5) is 14.8. The fraction of sp³-hybridized carbons (Fsp3) is 0.611. The standard InChI is InChI=1S/C18H26ClFN2O2/c1-3-13(4-2)17(22-7-9-24-10-8-22)12-21-18(23)15-6-5-14(20)11-16(15)19/h5-6,11,13,17H,3-4,7-10,12H2,1-2H3,(H,21,23)/t17-/m0/s1. The summed E-state index contributed by atoms with van der Waals surface area (Å²) in [7, 11) is 0. The summed E-state index contributed by atoms with van der Waals surface area (Å²) in [5.41, 5.74) is 0.309. The molecule has 6 heteroatoms. The molecule has 0 spiro atoms. The summed E-state index contributed by atoms with van der Waals surface area (Å²) in [6, 6.07) is 4.11. The molecule has 0 aromatic heterocycles. The number of nitrogens with one attached hydrogen (secondary N) is 1. The third-order valence-corrected chi connectivity index (χ3v) is 5.07. The van der Waals surface area contributed by atoms with Gasteiger partial charge in [0.05, 0.1) is 23.8 Å². The summed E-state index contributed by atoms with van der Waals surface area (Å²) < 4.78 is 18.6. The average molecular weight is 357 g/mol. The van der Waals surface area contributed by atoms with Crippen molar-refractivity contribution in [3.8, 4) is 0 Å². The molecular formula is C18H26ClFN2O2. The topological polar surface area (TPSA) is 41.6 Å². The number of morpholine rings is 1. The highest BCUT2D eigenvalue weighted by molar-refractivity contribution is 6.33. The van der Waals surface area contributed by atoms with Crippen LogP contribution in [-0.2, 0) is 4.74 Å². The number of amides is 1. The highest BCUT2D eigenvalue weighted by atomic mass is 35.5. The molecule has 0 radical (unpaired) electrons. The fourth-order valence-corrected chi connectivity index (χ4v) is 3.56.